The smallest absolute Gasteiger partial charge is 0.0468 e. The molecule has 0 bridgehead atoms. The molecule has 266 valence electrons. The van der Waals surface area contributed by atoms with Crippen LogP contribution in [0.3, 0.4) is 0 Å². The molecule has 56 heavy (non-hydrogen) atoms. The van der Waals surface area contributed by atoms with Crippen LogP contribution in [0.15, 0.2) is 212 Å². The minimum atomic E-state index is -0.173. The summed E-state index contributed by atoms with van der Waals surface area (Å²) in [6, 6.07) is 77.4. The van der Waals surface area contributed by atoms with E-state index < -0.39 is 0 Å². The van der Waals surface area contributed by atoms with Gasteiger partial charge in [-0.25, -0.2) is 0 Å². The Balaban J connectivity index is 1.11. The molecule has 0 amide bonds. The molecule has 0 aromatic heterocycles. The molecular formula is C55H41N. The highest BCUT2D eigenvalue weighted by Crippen LogP contribution is 2.56. The largest absolute Gasteiger partial charge is 0.310 e. The monoisotopic (exact) mass is 715 g/mol. The normalized spacial score (nSPS) is 12.6. The van der Waals surface area contributed by atoms with Crippen LogP contribution in [0.2, 0.25) is 0 Å². The van der Waals surface area contributed by atoms with Crippen molar-refractivity contribution in [3.05, 3.63) is 223 Å². The third kappa shape index (κ3) is 5.81. The molecule has 1 aliphatic carbocycles. The van der Waals surface area contributed by atoms with Crippen molar-refractivity contribution < 1.29 is 0 Å². The first kappa shape index (κ1) is 33.6. The Bertz CT molecular complexity index is 2820. The van der Waals surface area contributed by atoms with Crippen molar-refractivity contribution in [3.63, 3.8) is 0 Å². The van der Waals surface area contributed by atoms with Gasteiger partial charge in [0.25, 0.3) is 0 Å². The maximum absolute atomic E-state index is 2.44. The number of hydrogen-bond donors (Lipinski definition) is 0. The summed E-state index contributed by atoms with van der Waals surface area (Å²) < 4.78 is 0. The molecule has 0 heterocycles. The van der Waals surface area contributed by atoms with Gasteiger partial charge in [-0.05, 0) is 120 Å². The van der Waals surface area contributed by atoms with E-state index in [2.05, 4.69) is 231 Å². The van der Waals surface area contributed by atoms with Gasteiger partial charge in [-0.2, -0.15) is 0 Å². The predicted molar refractivity (Wildman–Crippen MR) is 238 cm³/mol. The van der Waals surface area contributed by atoms with Crippen LogP contribution >= 0.6 is 0 Å². The minimum Gasteiger partial charge on any atom is -0.310 e. The summed E-state index contributed by atoms with van der Waals surface area (Å²) in [5, 5.41) is 2.60. The minimum absolute atomic E-state index is 0.173. The Kier molecular flexibility index (Phi) is 8.23. The van der Waals surface area contributed by atoms with E-state index in [1.54, 1.807) is 0 Å². The number of nitrogens with zero attached hydrogens (tertiary/aromatic N) is 1. The Morgan fingerprint density at radius 2 is 0.750 bits per heavy atom. The van der Waals surface area contributed by atoms with Crippen molar-refractivity contribution in [2.75, 3.05) is 4.90 Å². The Morgan fingerprint density at radius 1 is 0.339 bits per heavy atom. The molecular weight excluding hydrogens is 675 g/mol. The molecule has 0 saturated carbocycles. The van der Waals surface area contributed by atoms with Crippen molar-refractivity contribution in [2.24, 2.45) is 0 Å². The van der Waals surface area contributed by atoms with Crippen LogP contribution in [0.5, 0.6) is 0 Å². The zero-order chi connectivity index (χ0) is 37.6. The lowest BCUT2D eigenvalue weighted by Crippen LogP contribution is -2.16. The molecule has 1 aliphatic rings. The summed E-state index contributed by atoms with van der Waals surface area (Å²) in [6.45, 7) is 4.79. The zero-order valence-electron chi connectivity index (χ0n) is 31.7. The molecule has 1 nitrogen and oxygen atoms in total. The summed E-state index contributed by atoms with van der Waals surface area (Å²) >= 11 is 0. The van der Waals surface area contributed by atoms with Gasteiger partial charge in [0.2, 0.25) is 0 Å². The van der Waals surface area contributed by atoms with Crippen LogP contribution in [-0.4, -0.2) is 0 Å². The second-order valence-electron chi connectivity index (χ2n) is 15.4. The first-order valence-corrected chi connectivity index (χ1v) is 19.5. The van der Waals surface area contributed by atoms with Crippen LogP contribution in [-0.2, 0) is 5.41 Å². The first-order valence-electron chi connectivity index (χ1n) is 19.5. The van der Waals surface area contributed by atoms with Crippen LogP contribution < -0.4 is 4.90 Å². The zero-order valence-corrected chi connectivity index (χ0v) is 31.7. The van der Waals surface area contributed by atoms with Gasteiger partial charge in [-0.15, -0.1) is 0 Å². The van der Waals surface area contributed by atoms with Gasteiger partial charge in [-0.1, -0.05) is 184 Å². The van der Waals surface area contributed by atoms with Gasteiger partial charge in [0.05, 0.1) is 0 Å². The standard InChI is InChI=1S/C55H41N/c1-55(2)52-35-34-48(37-51(52)53-50(44-18-10-5-11-19-44)36-45-20-12-13-21-49(45)54(53)55)56(46-30-26-42(27-31-46)39-16-8-4-9-17-39)47-32-28-43(29-33-47)41-24-22-40(23-25-41)38-14-6-3-7-15-38/h3-37H,1-2H3. The third-order valence-electron chi connectivity index (χ3n) is 11.6. The molecule has 0 spiro atoms. The summed E-state index contributed by atoms with van der Waals surface area (Å²) in [4.78, 5) is 2.41. The fourth-order valence-electron chi connectivity index (χ4n) is 8.85. The van der Waals surface area contributed by atoms with E-state index in [-0.39, 0.29) is 5.41 Å². The molecule has 0 aliphatic heterocycles. The highest BCUT2D eigenvalue weighted by Gasteiger charge is 2.39. The van der Waals surface area contributed by atoms with Crippen molar-refractivity contribution in [1.29, 1.82) is 0 Å². The highest BCUT2D eigenvalue weighted by atomic mass is 15.1. The van der Waals surface area contributed by atoms with E-state index in [0.29, 0.717) is 0 Å². The van der Waals surface area contributed by atoms with E-state index in [1.165, 1.54) is 77.5 Å². The summed E-state index contributed by atoms with van der Waals surface area (Å²) in [6.07, 6.45) is 0. The molecule has 9 aromatic carbocycles. The summed E-state index contributed by atoms with van der Waals surface area (Å²) in [7, 11) is 0. The van der Waals surface area contributed by atoms with Gasteiger partial charge < -0.3 is 4.90 Å². The van der Waals surface area contributed by atoms with Gasteiger partial charge in [0.15, 0.2) is 0 Å². The second kappa shape index (κ2) is 13.7. The molecule has 0 unspecified atom stereocenters. The number of benzene rings is 9. The molecule has 10 rings (SSSR count). The van der Waals surface area contributed by atoms with Crippen LogP contribution in [0.1, 0.15) is 25.0 Å². The molecule has 0 radical (unpaired) electrons. The Hall–Kier alpha value is -6.96. The quantitative estimate of drug-likeness (QED) is 0.159. The van der Waals surface area contributed by atoms with E-state index in [9.17, 15) is 0 Å². The summed E-state index contributed by atoms with van der Waals surface area (Å²) in [5.74, 6) is 0. The van der Waals surface area contributed by atoms with E-state index in [4.69, 9.17) is 0 Å². The van der Waals surface area contributed by atoms with Crippen molar-refractivity contribution in [3.8, 4) is 55.6 Å². The predicted octanol–water partition coefficient (Wildman–Crippen LogP) is 15.3. The van der Waals surface area contributed by atoms with Crippen molar-refractivity contribution in [2.45, 2.75) is 19.3 Å². The molecule has 9 aromatic rings. The SMILES string of the molecule is CC1(C)c2ccc(N(c3ccc(-c4ccccc4)cc3)c3ccc(-c4ccc(-c5ccccc5)cc4)cc3)cc2-c2c(-c3ccccc3)cc3ccccc3c21. The average molecular weight is 716 g/mol. The first-order chi connectivity index (χ1) is 27.5. The Morgan fingerprint density at radius 3 is 1.27 bits per heavy atom. The van der Waals surface area contributed by atoms with Gasteiger partial charge in [0, 0.05) is 22.5 Å². The fraction of sp³-hybridized carbons (Fsp3) is 0.0545. The third-order valence-corrected chi connectivity index (χ3v) is 11.6. The number of hydrogen-bond acceptors (Lipinski definition) is 1. The van der Waals surface area contributed by atoms with Gasteiger partial charge in [0.1, 0.15) is 0 Å². The maximum Gasteiger partial charge on any atom is 0.0468 e. The highest BCUT2D eigenvalue weighted by molar-refractivity contribution is 6.05. The Labute approximate surface area is 329 Å². The average Bonchev–Trinajstić information content (AvgIpc) is 3.51. The van der Waals surface area contributed by atoms with E-state index >= 15 is 0 Å². The molecule has 0 N–H and O–H groups in total. The molecule has 0 fully saturated rings. The second-order valence-corrected chi connectivity index (χ2v) is 15.4. The lowest BCUT2D eigenvalue weighted by molar-refractivity contribution is 0.666. The topological polar surface area (TPSA) is 3.24 Å². The van der Waals surface area contributed by atoms with Crippen LogP contribution in [0.25, 0.3) is 66.4 Å². The molecule has 1 heteroatoms. The van der Waals surface area contributed by atoms with Crippen molar-refractivity contribution in [1.82, 2.24) is 0 Å². The molecule has 0 saturated heterocycles. The summed E-state index contributed by atoms with van der Waals surface area (Å²) in [5.41, 5.74) is 18.4. The fourth-order valence-corrected chi connectivity index (χ4v) is 8.85. The maximum atomic E-state index is 2.44. The number of fused-ring (bicyclic) bond motifs is 5. The van der Waals surface area contributed by atoms with Gasteiger partial charge >= 0.3 is 0 Å². The van der Waals surface area contributed by atoms with E-state index in [0.717, 1.165) is 17.1 Å². The van der Waals surface area contributed by atoms with Crippen LogP contribution in [0, 0.1) is 0 Å². The molecule has 0 atom stereocenters. The lowest BCUT2D eigenvalue weighted by Gasteiger charge is -2.27. The van der Waals surface area contributed by atoms with Crippen molar-refractivity contribution >= 4 is 27.8 Å². The van der Waals surface area contributed by atoms with Gasteiger partial charge in [-0.3, -0.25) is 0 Å². The van der Waals surface area contributed by atoms with Crippen LogP contribution in [0.4, 0.5) is 17.1 Å². The lowest BCUT2D eigenvalue weighted by atomic mass is 9.79. The number of anilines is 3. The van der Waals surface area contributed by atoms with E-state index in [1.807, 2.05) is 0 Å². The number of rotatable bonds is 7.